The van der Waals surface area contributed by atoms with Gasteiger partial charge in [-0.1, -0.05) is 36.4 Å². The lowest BCUT2D eigenvalue weighted by Crippen LogP contribution is -2.53. The van der Waals surface area contributed by atoms with Crippen LogP contribution in [0.4, 0.5) is 0 Å². The van der Waals surface area contributed by atoms with E-state index in [1.54, 1.807) is 6.07 Å². The Kier molecular flexibility index (Phi) is 14.3. The van der Waals surface area contributed by atoms with E-state index >= 15 is 0 Å². The largest absolute Gasteiger partial charge is 0.370 e. The van der Waals surface area contributed by atoms with E-state index in [1.807, 2.05) is 36.4 Å². The highest BCUT2D eigenvalue weighted by molar-refractivity contribution is 6.08. The predicted octanol–water partition coefficient (Wildman–Crippen LogP) is 0.851. The highest BCUT2D eigenvalue weighted by Gasteiger charge is 2.27. The molecule has 2 aromatic carbocycles. The summed E-state index contributed by atoms with van der Waals surface area (Å²) in [6, 6.07) is 11.5. The van der Waals surface area contributed by atoms with Gasteiger partial charge in [0.15, 0.2) is 5.96 Å². The van der Waals surface area contributed by atoms with Crippen molar-refractivity contribution >= 4 is 34.5 Å². The lowest BCUT2D eigenvalue weighted by atomic mass is 10.0. The number of fused-ring (bicyclic) bond motifs is 1. The molecule has 2 atom stereocenters. The first-order chi connectivity index (χ1) is 18.9. The molecule has 11 heteroatoms. The Bertz CT molecular complexity index is 1080. The summed E-state index contributed by atoms with van der Waals surface area (Å²) in [5, 5.41) is 10.4. The summed E-state index contributed by atoms with van der Waals surface area (Å²) < 4.78 is 0. The number of carbonyl (C=O) groups is 3. The zero-order valence-electron chi connectivity index (χ0n) is 22.7. The average molecular weight is 541 g/mol. The van der Waals surface area contributed by atoms with Gasteiger partial charge in [-0.05, 0) is 81.3 Å². The topological polar surface area (TPSA) is 204 Å². The summed E-state index contributed by atoms with van der Waals surface area (Å²) in [6.45, 7) is 1.89. The van der Waals surface area contributed by atoms with Gasteiger partial charge in [-0.2, -0.15) is 0 Å². The van der Waals surface area contributed by atoms with Crippen molar-refractivity contribution in [3.05, 3.63) is 48.0 Å². The summed E-state index contributed by atoms with van der Waals surface area (Å²) >= 11 is 0. The fraction of sp³-hybridized carbons (Fsp3) is 0.500. The first kappa shape index (κ1) is 31.5. The fourth-order valence-corrected chi connectivity index (χ4v) is 4.23. The second-order valence-electron chi connectivity index (χ2n) is 9.49. The van der Waals surface area contributed by atoms with Crippen molar-refractivity contribution in [3.8, 4) is 0 Å². The molecule has 0 radical (unpaired) electrons. The van der Waals surface area contributed by atoms with Crippen LogP contribution in [-0.2, 0) is 9.59 Å². The van der Waals surface area contributed by atoms with Gasteiger partial charge in [0.25, 0.3) is 5.91 Å². The lowest BCUT2D eigenvalue weighted by Gasteiger charge is -2.23. The van der Waals surface area contributed by atoms with E-state index in [0.29, 0.717) is 76.7 Å². The van der Waals surface area contributed by atoms with Crippen molar-refractivity contribution in [1.29, 1.82) is 0 Å². The Morgan fingerprint density at radius 1 is 0.744 bits per heavy atom. The molecule has 39 heavy (non-hydrogen) atoms. The minimum absolute atomic E-state index is 0.0373. The van der Waals surface area contributed by atoms with Crippen LogP contribution in [-0.4, -0.2) is 61.9 Å². The number of nitrogens with two attached hydrogens (primary N) is 4. The van der Waals surface area contributed by atoms with Gasteiger partial charge in [-0.3, -0.25) is 19.4 Å². The van der Waals surface area contributed by atoms with Crippen molar-refractivity contribution < 1.29 is 14.4 Å². The molecule has 0 fully saturated rings. The maximum absolute atomic E-state index is 13.4. The van der Waals surface area contributed by atoms with Crippen LogP contribution in [0.3, 0.4) is 0 Å². The number of unbranched alkanes of at least 4 members (excludes halogenated alkanes) is 3. The van der Waals surface area contributed by atoms with Crippen LogP contribution in [0, 0.1) is 0 Å². The maximum atomic E-state index is 13.4. The average Bonchev–Trinajstić information content (AvgIpc) is 2.93. The Morgan fingerprint density at radius 2 is 1.38 bits per heavy atom. The molecule has 0 aromatic heterocycles. The molecule has 0 aliphatic carbocycles. The van der Waals surface area contributed by atoms with Crippen LogP contribution in [0.2, 0.25) is 0 Å². The van der Waals surface area contributed by atoms with Gasteiger partial charge in [0.2, 0.25) is 11.8 Å². The molecule has 2 aromatic rings. The van der Waals surface area contributed by atoms with E-state index in [2.05, 4.69) is 20.9 Å². The molecule has 0 unspecified atom stereocenters. The van der Waals surface area contributed by atoms with Gasteiger partial charge in [0.1, 0.15) is 12.1 Å². The molecule has 2 rings (SSSR count). The number of rotatable bonds is 18. The fourth-order valence-electron chi connectivity index (χ4n) is 4.23. The summed E-state index contributed by atoms with van der Waals surface area (Å²) in [5.74, 6) is -0.982. The molecule has 11 nitrogen and oxygen atoms in total. The number of benzene rings is 2. The normalized spacial score (nSPS) is 12.4. The van der Waals surface area contributed by atoms with E-state index in [4.69, 9.17) is 22.9 Å². The first-order valence-corrected chi connectivity index (χ1v) is 13.7. The van der Waals surface area contributed by atoms with Crippen molar-refractivity contribution in [1.82, 2.24) is 16.0 Å². The molecule has 0 saturated heterocycles. The van der Waals surface area contributed by atoms with E-state index in [0.717, 1.165) is 17.2 Å². The van der Waals surface area contributed by atoms with Gasteiger partial charge in [0, 0.05) is 18.7 Å². The van der Waals surface area contributed by atoms with E-state index in [-0.39, 0.29) is 17.8 Å². The third-order valence-electron chi connectivity index (χ3n) is 6.36. The number of hydrogen-bond donors (Lipinski definition) is 7. The SMILES string of the molecule is NCCCC[C@H](NC(=O)c1cccc2ccccc12)C(=O)N[C@@H](CCCCN)C(=O)NCCCCN=C(N)N. The first-order valence-electron chi connectivity index (χ1n) is 13.7. The number of aliphatic imine (C=N–C) groups is 1. The number of carbonyl (C=O) groups excluding carboxylic acids is 3. The van der Waals surface area contributed by atoms with Crippen LogP contribution in [0.5, 0.6) is 0 Å². The van der Waals surface area contributed by atoms with Crippen LogP contribution in [0.15, 0.2) is 47.5 Å². The molecule has 214 valence electrons. The van der Waals surface area contributed by atoms with Gasteiger partial charge in [-0.15, -0.1) is 0 Å². The third kappa shape index (κ3) is 11.3. The Labute approximate surface area is 230 Å². The molecular weight excluding hydrogens is 496 g/mol. The highest BCUT2D eigenvalue weighted by atomic mass is 16.2. The van der Waals surface area contributed by atoms with E-state index in [9.17, 15) is 14.4 Å². The molecular formula is C28H44N8O3. The maximum Gasteiger partial charge on any atom is 0.252 e. The summed E-state index contributed by atoms with van der Waals surface area (Å²) in [6.07, 6.45) is 5.03. The summed E-state index contributed by atoms with van der Waals surface area (Å²) in [4.78, 5) is 43.6. The summed E-state index contributed by atoms with van der Waals surface area (Å²) in [7, 11) is 0. The number of nitrogens with one attached hydrogen (secondary N) is 3. The van der Waals surface area contributed by atoms with Crippen molar-refractivity contribution in [2.24, 2.45) is 27.9 Å². The quantitative estimate of drug-likeness (QED) is 0.0824. The third-order valence-corrected chi connectivity index (χ3v) is 6.36. The van der Waals surface area contributed by atoms with Crippen molar-refractivity contribution in [2.75, 3.05) is 26.2 Å². The van der Waals surface area contributed by atoms with Crippen molar-refractivity contribution in [3.63, 3.8) is 0 Å². The van der Waals surface area contributed by atoms with E-state index in [1.165, 1.54) is 0 Å². The van der Waals surface area contributed by atoms with Crippen LogP contribution < -0.4 is 38.9 Å². The number of hydrogen-bond acceptors (Lipinski definition) is 6. The smallest absolute Gasteiger partial charge is 0.252 e. The molecule has 3 amide bonds. The van der Waals surface area contributed by atoms with Crippen LogP contribution >= 0.6 is 0 Å². The second kappa shape index (κ2) is 17.7. The Balaban J connectivity index is 2.09. The van der Waals surface area contributed by atoms with E-state index < -0.39 is 18.0 Å². The zero-order chi connectivity index (χ0) is 28.5. The van der Waals surface area contributed by atoms with Gasteiger partial charge < -0.3 is 38.9 Å². The molecule has 11 N–H and O–H groups in total. The van der Waals surface area contributed by atoms with Gasteiger partial charge in [-0.25, -0.2) is 0 Å². The van der Waals surface area contributed by atoms with Crippen molar-refractivity contribution in [2.45, 2.75) is 63.5 Å². The minimum Gasteiger partial charge on any atom is -0.370 e. The number of amides is 3. The lowest BCUT2D eigenvalue weighted by molar-refractivity contribution is -0.130. The molecule has 0 aliphatic heterocycles. The zero-order valence-corrected chi connectivity index (χ0v) is 22.7. The molecule has 0 aliphatic rings. The Hall–Kier alpha value is -3.70. The summed E-state index contributed by atoms with van der Waals surface area (Å²) in [5.41, 5.74) is 22.4. The Morgan fingerprint density at radius 3 is 2.05 bits per heavy atom. The van der Waals surface area contributed by atoms with Gasteiger partial charge >= 0.3 is 0 Å². The van der Waals surface area contributed by atoms with Crippen LogP contribution in [0.25, 0.3) is 10.8 Å². The molecule has 0 saturated carbocycles. The van der Waals surface area contributed by atoms with Gasteiger partial charge in [0.05, 0.1) is 0 Å². The monoisotopic (exact) mass is 540 g/mol. The second-order valence-corrected chi connectivity index (χ2v) is 9.49. The molecule has 0 bridgehead atoms. The molecule has 0 spiro atoms. The van der Waals surface area contributed by atoms with Crippen LogP contribution in [0.1, 0.15) is 61.7 Å². The number of nitrogens with zero attached hydrogens (tertiary/aromatic N) is 1. The standard InChI is InChI=1S/C28H44N8O3/c29-16-5-3-14-23(26(38)33-18-7-8-19-34-28(31)32)36-27(39)24(15-4-6-17-30)35-25(37)22-13-9-11-20-10-1-2-12-21(20)22/h1-2,9-13,23-24H,3-8,14-19,29-30H2,(H,33,38)(H,35,37)(H,36,39)(H4,31,32,34)/t23-,24-/m0/s1. The number of guanidine groups is 1. The predicted molar refractivity (Wildman–Crippen MR) is 156 cm³/mol. The minimum atomic E-state index is -0.813. The molecule has 0 heterocycles. The highest BCUT2D eigenvalue weighted by Crippen LogP contribution is 2.19.